The molecule has 23 heavy (non-hydrogen) atoms. The van der Waals surface area contributed by atoms with Gasteiger partial charge in [-0.25, -0.2) is 0 Å². The van der Waals surface area contributed by atoms with Gasteiger partial charge in [0.15, 0.2) is 11.4 Å². The summed E-state index contributed by atoms with van der Waals surface area (Å²) in [4.78, 5) is 13.0. The summed E-state index contributed by atoms with van der Waals surface area (Å²) in [6.07, 6.45) is 0.106. The molecule has 0 saturated carbocycles. The van der Waals surface area contributed by atoms with E-state index in [9.17, 15) is 9.90 Å². The van der Waals surface area contributed by atoms with Crippen molar-refractivity contribution in [3.8, 4) is 0 Å². The second-order valence-electron chi connectivity index (χ2n) is 5.96. The third-order valence-electron chi connectivity index (χ3n) is 4.94. The van der Waals surface area contributed by atoms with Crippen molar-refractivity contribution >= 4 is 21.7 Å². The van der Waals surface area contributed by atoms with Crippen LogP contribution in [0.4, 0.5) is 0 Å². The van der Waals surface area contributed by atoms with Crippen LogP contribution in [0.1, 0.15) is 32.8 Å². The summed E-state index contributed by atoms with van der Waals surface area (Å²) in [5.41, 5.74) is 2.68. The fraction of sp³-hybridized carbons (Fsp3) is 0.368. The number of ketones is 1. The number of ether oxygens (including phenoxy) is 1. The maximum atomic E-state index is 13.0. The number of rotatable bonds is 3. The minimum Gasteiger partial charge on any atom is -0.380 e. The maximum absolute atomic E-state index is 13.0. The molecular weight excluding hydrogens is 356 g/mol. The van der Waals surface area contributed by atoms with Crippen LogP contribution in [0.15, 0.2) is 57.8 Å². The molecule has 0 amide bonds. The Morgan fingerprint density at radius 1 is 1.35 bits per heavy atom. The van der Waals surface area contributed by atoms with Gasteiger partial charge in [-0.15, -0.1) is 5.73 Å². The number of aliphatic hydroxyl groups is 1. The molecule has 0 bridgehead atoms. The number of benzene rings is 1. The number of Topliss-reactive ketones (excluding diaryl/α,β-unsaturated/α-hetero) is 1. The molecule has 1 aliphatic carbocycles. The Balaban J connectivity index is 2.73. The van der Waals surface area contributed by atoms with Gasteiger partial charge in [0.25, 0.3) is 0 Å². The van der Waals surface area contributed by atoms with E-state index in [4.69, 9.17) is 4.74 Å². The Morgan fingerprint density at radius 3 is 2.39 bits per heavy atom. The van der Waals surface area contributed by atoms with E-state index in [2.05, 4.69) is 28.2 Å². The van der Waals surface area contributed by atoms with Gasteiger partial charge in [0, 0.05) is 23.6 Å². The second-order valence-corrected chi connectivity index (χ2v) is 6.87. The molecule has 1 aliphatic rings. The highest BCUT2D eigenvalue weighted by atomic mass is 79.9. The molecule has 1 aromatic rings. The molecule has 0 aromatic heterocycles. The average molecular weight is 377 g/mol. The van der Waals surface area contributed by atoms with Crippen LogP contribution in [-0.2, 0) is 15.1 Å². The van der Waals surface area contributed by atoms with Crippen molar-refractivity contribution in [3.63, 3.8) is 0 Å². The molecule has 0 aliphatic heterocycles. The number of carbonyl (C=O) groups excluding carboxylic acids is 1. The number of hydrogen-bond acceptors (Lipinski definition) is 3. The highest BCUT2D eigenvalue weighted by Crippen LogP contribution is 2.47. The molecule has 1 aromatic carbocycles. The van der Waals surface area contributed by atoms with Crippen LogP contribution in [-0.4, -0.2) is 23.6 Å². The molecule has 3 nitrogen and oxygen atoms in total. The third kappa shape index (κ3) is 2.66. The fourth-order valence-corrected chi connectivity index (χ4v) is 3.42. The molecule has 2 rings (SSSR count). The van der Waals surface area contributed by atoms with Gasteiger partial charge in [-0.1, -0.05) is 34.6 Å². The molecule has 0 saturated heterocycles. The second kappa shape index (κ2) is 6.21. The van der Waals surface area contributed by atoms with Crippen molar-refractivity contribution in [2.45, 2.75) is 38.4 Å². The maximum Gasteiger partial charge on any atom is 0.195 e. The molecule has 1 N–H and O–H groups in total. The van der Waals surface area contributed by atoms with E-state index in [0.717, 1.165) is 10.0 Å². The monoisotopic (exact) mass is 376 g/mol. The topological polar surface area (TPSA) is 46.5 Å². The van der Waals surface area contributed by atoms with Crippen molar-refractivity contribution in [2.24, 2.45) is 0 Å². The van der Waals surface area contributed by atoms with E-state index >= 15 is 0 Å². The zero-order valence-corrected chi connectivity index (χ0v) is 15.5. The van der Waals surface area contributed by atoms with Crippen LogP contribution >= 0.6 is 15.9 Å². The lowest BCUT2D eigenvalue weighted by atomic mass is 9.66. The van der Waals surface area contributed by atoms with Gasteiger partial charge < -0.3 is 9.84 Å². The average Bonchev–Trinajstić information content (AvgIpc) is 2.56. The van der Waals surface area contributed by atoms with E-state index in [1.54, 1.807) is 20.8 Å². The van der Waals surface area contributed by atoms with Crippen molar-refractivity contribution in [3.05, 3.63) is 63.3 Å². The minimum atomic E-state index is -1.30. The van der Waals surface area contributed by atoms with Gasteiger partial charge in [-0.2, -0.15) is 0 Å². The van der Waals surface area contributed by atoms with Crippen molar-refractivity contribution in [1.82, 2.24) is 0 Å². The van der Waals surface area contributed by atoms with Crippen LogP contribution in [0.2, 0.25) is 0 Å². The number of hydrogen-bond donors (Lipinski definition) is 1. The van der Waals surface area contributed by atoms with Crippen LogP contribution < -0.4 is 0 Å². The van der Waals surface area contributed by atoms with Crippen molar-refractivity contribution in [1.29, 1.82) is 0 Å². The lowest BCUT2D eigenvalue weighted by molar-refractivity contribution is -0.147. The molecule has 2 atom stereocenters. The zero-order valence-electron chi connectivity index (χ0n) is 13.9. The van der Waals surface area contributed by atoms with Gasteiger partial charge in [-0.05, 0) is 49.6 Å². The molecule has 4 heteroatoms. The summed E-state index contributed by atoms with van der Waals surface area (Å²) in [5, 5.41) is 11.2. The van der Waals surface area contributed by atoms with E-state index in [0.29, 0.717) is 16.7 Å². The standard InChI is InChI=1S/C19H21BrO3/c1-6-12(2)18(22)11-19(23-5,17(21)13(3)14(18)4)15-7-9-16(20)10-8-15/h7-10,22H,1,11H2,2-5H3/t18-,19+/m1/s1. The quantitative estimate of drug-likeness (QED) is 0.808. The summed E-state index contributed by atoms with van der Waals surface area (Å²) < 4.78 is 6.62. The van der Waals surface area contributed by atoms with Gasteiger partial charge in [0.2, 0.25) is 0 Å². The Bertz CT molecular complexity index is 725. The number of methoxy groups -OCH3 is 1. The van der Waals surface area contributed by atoms with Gasteiger partial charge in [0.1, 0.15) is 5.60 Å². The van der Waals surface area contributed by atoms with Crippen LogP contribution in [0.3, 0.4) is 0 Å². The molecule has 0 unspecified atom stereocenters. The number of halogens is 1. The highest BCUT2D eigenvalue weighted by Gasteiger charge is 2.53. The molecule has 0 spiro atoms. The first-order valence-corrected chi connectivity index (χ1v) is 8.15. The Labute approximate surface area is 145 Å². The molecule has 0 heterocycles. The fourth-order valence-electron chi connectivity index (χ4n) is 3.15. The summed E-state index contributed by atoms with van der Waals surface area (Å²) in [5.74, 6) is -0.124. The van der Waals surface area contributed by atoms with Crippen molar-refractivity contribution < 1.29 is 14.6 Å². The third-order valence-corrected chi connectivity index (χ3v) is 5.47. The van der Waals surface area contributed by atoms with Crippen LogP contribution in [0.25, 0.3) is 0 Å². The first kappa shape index (κ1) is 17.9. The van der Waals surface area contributed by atoms with E-state index in [1.165, 1.54) is 7.11 Å². The van der Waals surface area contributed by atoms with E-state index in [1.807, 2.05) is 24.3 Å². The van der Waals surface area contributed by atoms with Gasteiger partial charge in [-0.3, -0.25) is 4.79 Å². The van der Waals surface area contributed by atoms with Crippen LogP contribution in [0, 0.1) is 0 Å². The normalized spacial score (nSPS) is 27.8. The molecule has 0 fully saturated rings. The van der Waals surface area contributed by atoms with E-state index < -0.39 is 11.2 Å². The first-order valence-electron chi connectivity index (χ1n) is 7.36. The first-order chi connectivity index (χ1) is 10.7. The number of carbonyl (C=O) groups is 1. The summed E-state index contributed by atoms with van der Waals surface area (Å²) in [6.45, 7) is 8.91. The Hall–Kier alpha value is -1.45. The van der Waals surface area contributed by atoms with Gasteiger partial charge >= 0.3 is 0 Å². The smallest absolute Gasteiger partial charge is 0.195 e. The minimum absolute atomic E-state index is 0.106. The summed E-state index contributed by atoms with van der Waals surface area (Å²) >= 11 is 3.40. The molecular formula is C19H21BrO3. The Kier molecular flexibility index (Phi) is 4.84. The lowest BCUT2D eigenvalue weighted by Gasteiger charge is -2.44. The largest absolute Gasteiger partial charge is 0.380 e. The predicted molar refractivity (Wildman–Crippen MR) is 94.1 cm³/mol. The van der Waals surface area contributed by atoms with Crippen LogP contribution in [0.5, 0.6) is 0 Å². The van der Waals surface area contributed by atoms with Gasteiger partial charge in [0.05, 0.1) is 0 Å². The Morgan fingerprint density at radius 2 is 1.91 bits per heavy atom. The zero-order chi connectivity index (χ0) is 17.4. The molecule has 0 radical (unpaired) electrons. The van der Waals surface area contributed by atoms with Crippen molar-refractivity contribution in [2.75, 3.05) is 7.11 Å². The van der Waals surface area contributed by atoms with E-state index in [-0.39, 0.29) is 12.2 Å². The highest BCUT2D eigenvalue weighted by molar-refractivity contribution is 9.10. The molecule has 122 valence electrons. The summed E-state index contributed by atoms with van der Waals surface area (Å²) in [6, 6.07) is 7.40. The predicted octanol–water partition coefficient (Wildman–Crippen LogP) is 4.06. The lowest BCUT2D eigenvalue weighted by Crippen LogP contribution is -2.52. The SMILES string of the molecule is C=C=C(C)[C@]1(O)C[C@](OC)(c2ccc(Br)cc2)C(=O)C(C)=C1C. The summed E-state index contributed by atoms with van der Waals surface area (Å²) in [7, 11) is 1.50.